The standard InChI is InChI=1S/C23H20N8OS2/c1-14(16-11-10-15-6-2-3-7-17(15)12-16)27-28-21-29-30-23(31(21)24)33-13-20(32)26-22-25-18-8-4-5-9-19(18)34-22/h2-12H,13,24H2,1H3,(H,28,29)(H,25,26,32)/b27-14+. The van der Waals surface area contributed by atoms with Gasteiger partial charge in [-0.05, 0) is 41.5 Å². The minimum Gasteiger partial charge on any atom is -0.334 e. The second-order valence-corrected chi connectivity index (χ2v) is 9.34. The molecule has 0 aliphatic carbocycles. The minimum absolute atomic E-state index is 0.116. The number of thiazole rings is 1. The fourth-order valence-electron chi connectivity index (χ4n) is 3.28. The lowest BCUT2D eigenvalue weighted by Crippen LogP contribution is -2.17. The van der Waals surface area contributed by atoms with E-state index in [2.05, 4.69) is 55.3 Å². The zero-order valence-corrected chi connectivity index (χ0v) is 19.7. The summed E-state index contributed by atoms with van der Waals surface area (Å²) in [6.45, 7) is 1.90. The van der Waals surface area contributed by atoms with E-state index in [1.807, 2.05) is 49.4 Å². The van der Waals surface area contributed by atoms with Crippen molar-refractivity contribution in [3.8, 4) is 0 Å². The Kier molecular flexibility index (Phi) is 6.11. The lowest BCUT2D eigenvalue weighted by atomic mass is 10.0. The van der Waals surface area contributed by atoms with E-state index >= 15 is 0 Å². The molecule has 1 amide bonds. The Balaban J connectivity index is 1.20. The minimum atomic E-state index is -0.202. The maximum absolute atomic E-state index is 12.3. The van der Waals surface area contributed by atoms with E-state index in [1.54, 1.807) is 0 Å². The molecule has 2 aromatic heterocycles. The van der Waals surface area contributed by atoms with Gasteiger partial charge in [0.15, 0.2) is 5.13 Å². The molecule has 0 radical (unpaired) electrons. The number of anilines is 2. The number of thioether (sulfide) groups is 1. The van der Waals surface area contributed by atoms with E-state index in [0.717, 1.165) is 26.9 Å². The van der Waals surface area contributed by atoms with Crippen LogP contribution in [0.25, 0.3) is 21.0 Å². The third-order valence-electron chi connectivity index (χ3n) is 5.03. The number of hydrogen-bond donors (Lipinski definition) is 3. The van der Waals surface area contributed by atoms with Gasteiger partial charge in [-0.3, -0.25) is 4.79 Å². The van der Waals surface area contributed by atoms with Crippen LogP contribution in [-0.4, -0.2) is 37.2 Å². The number of nitrogen functional groups attached to an aromatic ring is 1. The van der Waals surface area contributed by atoms with E-state index < -0.39 is 0 Å². The Morgan fingerprint density at radius 3 is 2.74 bits per heavy atom. The van der Waals surface area contributed by atoms with Crippen molar-refractivity contribution in [1.82, 2.24) is 19.9 Å². The molecule has 5 aromatic rings. The summed E-state index contributed by atoms with van der Waals surface area (Å²) in [6, 6.07) is 22.0. The topological polar surface area (TPSA) is 123 Å². The van der Waals surface area contributed by atoms with Crippen molar-refractivity contribution in [3.05, 3.63) is 72.3 Å². The molecule has 5 rings (SSSR count). The van der Waals surface area contributed by atoms with Gasteiger partial charge in [-0.1, -0.05) is 71.6 Å². The molecular weight excluding hydrogens is 468 g/mol. The van der Waals surface area contributed by atoms with Gasteiger partial charge in [-0.15, -0.1) is 10.2 Å². The summed E-state index contributed by atoms with van der Waals surface area (Å²) in [5, 5.41) is 18.5. The first kappa shape index (κ1) is 21.9. The van der Waals surface area contributed by atoms with E-state index in [4.69, 9.17) is 5.84 Å². The lowest BCUT2D eigenvalue weighted by molar-refractivity contribution is -0.113. The molecule has 4 N–H and O–H groups in total. The molecular formula is C23H20N8OS2. The number of para-hydroxylation sites is 1. The summed E-state index contributed by atoms with van der Waals surface area (Å²) in [6.07, 6.45) is 0. The molecule has 170 valence electrons. The van der Waals surface area contributed by atoms with Crippen LogP contribution < -0.4 is 16.6 Å². The molecule has 11 heteroatoms. The fourth-order valence-corrected chi connectivity index (χ4v) is 4.81. The molecule has 0 bridgehead atoms. The van der Waals surface area contributed by atoms with E-state index in [9.17, 15) is 4.79 Å². The summed E-state index contributed by atoms with van der Waals surface area (Å²) in [5.41, 5.74) is 5.46. The summed E-state index contributed by atoms with van der Waals surface area (Å²) in [7, 11) is 0. The molecule has 0 aliphatic rings. The third-order valence-corrected chi connectivity index (χ3v) is 6.92. The quantitative estimate of drug-likeness (QED) is 0.135. The second kappa shape index (κ2) is 9.49. The second-order valence-electron chi connectivity index (χ2n) is 7.37. The number of amides is 1. The van der Waals surface area contributed by atoms with Crippen molar-refractivity contribution < 1.29 is 4.79 Å². The highest BCUT2D eigenvalue weighted by Gasteiger charge is 2.13. The van der Waals surface area contributed by atoms with Gasteiger partial charge in [0.25, 0.3) is 5.95 Å². The first-order valence-electron chi connectivity index (χ1n) is 10.3. The molecule has 34 heavy (non-hydrogen) atoms. The number of fused-ring (bicyclic) bond motifs is 2. The van der Waals surface area contributed by atoms with Gasteiger partial charge in [-0.25, -0.2) is 15.1 Å². The van der Waals surface area contributed by atoms with E-state index in [1.165, 1.54) is 33.2 Å². The van der Waals surface area contributed by atoms with Crippen molar-refractivity contribution in [1.29, 1.82) is 0 Å². The number of carbonyl (C=O) groups excluding carboxylic acids is 1. The molecule has 9 nitrogen and oxygen atoms in total. The van der Waals surface area contributed by atoms with Crippen LogP contribution in [0.15, 0.2) is 77.0 Å². The Morgan fingerprint density at radius 1 is 1.09 bits per heavy atom. The summed E-state index contributed by atoms with van der Waals surface area (Å²) >= 11 is 2.60. The Morgan fingerprint density at radius 2 is 1.88 bits per heavy atom. The van der Waals surface area contributed by atoms with Gasteiger partial charge in [0.05, 0.1) is 21.7 Å². The first-order valence-corrected chi connectivity index (χ1v) is 12.2. The van der Waals surface area contributed by atoms with Crippen LogP contribution in [0.4, 0.5) is 11.1 Å². The molecule has 0 aliphatic heterocycles. The number of hydrazone groups is 1. The number of nitrogens with one attached hydrogen (secondary N) is 2. The van der Waals surface area contributed by atoms with Gasteiger partial charge >= 0.3 is 0 Å². The van der Waals surface area contributed by atoms with Crippen LogP contribution in [-0.2, 0) is 4.79 Å². The average Bonchev–Trinajstić information content (AvgIpc) is 3.43. The molecule has 2 heterocycles. The molecule has 0 atom stereocenters. The monoisotopic (exact) mass is 488 g/mol. The van der Waals surface area contributed by atoms with E-state index in [0.29, 0.717) is 10.3 Å². The predicted molar refractivity (Wildman–Crippen MR) is 139 cm³/mol. The molecule has 3 aromatic carbocycles. The highest BCUT2D eigenvalue weighted by Crippen LogP contribution is 2.26. The first-order chi connectivity index (χ1) is 16.6. The summed E-state index contributed by atoms with van der Waals surface area (Å²) in [5.74, 6) is 6.28. The van der Waals surface area contributed by atoms with Crippen molar-refractivity contribution in [3.63, 3.8) is 0 Å². The number of rotatable bonds is 7. The molecule has 0 unspecified atom stereocenters. The third kappa shape index (κ3) is 4.70. The largest absolute Gasteiger partial charge is 0.334 e. The maximum atomic E-state index is 12.3. The highest BCUT2D eigenvalue weighted by molar-refractivity contribution is 7.99. The summed E-state index contributed by atoms with van der Waals surface area (Å²) < 4.78 is 2.29. The zero-order valence-electron chi connectivity index (χ0n) is 18.1. The number of benzene rings is 3. The Hall–Kier alpha value is -3.96. The predicted octanol–water partition coefficient (Wildman–Crippen LogP) is 4.32. The number of carbonyl (C=O) groups is 1. The maximum Gasteiger partial charge on any atom is 0.264 e. The molecule has 0 spiro atoms. The number of nitrogens with zero attached hydrogens (tertiary/aromatic N) is 5. The highest BCUT2D eigenvalue weighted by atomic mass is 32.2. The van der Waals surface area contributed by atoms with Crippen molar-refractivity contribution >= 4 is 66.8 Å². The van der Waals surface area contributed by atoms with Gasteiger partial charge in [0.2, 0.25) is 11.1 Å². The zero-order chi connectivity index (χ0) is 23.5. The van der Waals surface area contributed by atoms with Gasteiger partial charge in [0.1, 0.15) is 0 Å². The van der Waals surface area contributed by atoms with Crippen molar-refractivity contribution in [2.75, 3.05) is 22.3 Å². The van der Waals surface area contributed by atoms with Gasteiger partial charge in [0, 0.05) is 0 Å². The Labute approximate surface area is 203 Å². The molecule has 0 saturated carbocycles. The van der Waals surface area contributed by atoms with Crippen LogP contribution in [0, 0.1) is 0 Å². The number of nitrogens with two attached hydrogens (primary N) is 1. The van der Waals surface area contributed by atoms with Crippen LogP contribution in [0.2, 0.25) is 0 Å². The van der Waals surface area contributed by atoms with Crippen LogP contribution in [0.3, 0.4) is 0 Å². The number of aromatic nitrogens is 4. The number of hydrogen-bond acceptors (Lipinski definition) is 9. The normalized spacial score (nSPS) is 11.7. The smallest absolute Gasteiger partial charge is 0.264 e. The molecule has 0 saturated heterocycles. The van der Waals surface area contributed by atoms with Crippen LogP contribution in [0.1, 0.15) is 12.5 Å². The van der Waals surface area contributed by atoms with Crippen molar-refractivity contribution in [2.24, 2.45) is 5.10 Å². The average molecular weight is 489 g/mol. The Bertz CT molecular complexity index is 1490. The SMILES string of the molecule is C/C(=N\Nc1nnc(SCC(=O)Nc2nc3ccccc3s2)n1N)c1ccc2ccccc2c1. The van der Waals surface area contributed by atoms with Crippen molar-refractivity contribution in [2.45, 2.75) is 12.1 Å². The van der Waals surface area contributed by atoms with Crippen LogP contribution in [0.5, 0.6) is 0 Å². The summed E-state index contributed by atoms with van der Waals surface area (Å²) in [4.78, 5) is 16.8. The van der Waals surface area contributed by atoms with Crippen LogP contribution >= 0.6 is 23.1 Å². The van der Waals surface area contributed by atoms with E-state index in [-0.39, 0.29) is 17.6 Å². The van der Waals surface area contributed by atoms with Gasteiger partial charge in [-0.2, -0.15) is 5.10 Å². The fraction of sp³-hybridized carbons (Fsp3) is 0.0870. The lowest BCUT2D eigenvalue weighted by Gasteiger charge is -2.05. The van der Waals surface area contributed by atoms with Gasteiger partial charge < -0.3 is 11.2 Å². The molecule has 0 fully saturated rings.